The van der Waals surface area contributed by atoms with Crippen LogP contribution < -0.4 is 10.1 Å². The van der Waals surface area contributed by atoms with Crippen molar-refractivity contribution in [1.29, 1.82) is 0 Å². The molecular weight excluding hydrogens is 312 g/mol. The van der Waals surface area contributed by atoms with E-state index in [-0.39, 0.29) is 12.0 Å². The molecule has 1 unspecified atom stereocenters. The molecule has 1 amide bonds. The van der Waals surface area contributed by atoms with Gasteiger partial charge in [0.25, 0.3) is 5.91 Å². The summed E-state index contributed by atoms with van der Waals surface area (Å²) >= 11 is 0. The normalized spacial score (nSPS) is 15.8. The number of aromatic nitrogens is 1. The van der Waals surface area contributed by atoms with E-state index in [1.807, 2.05) is 42.5 Å². The van der Waals surface area contributed by atoms with Crippen LogP contribution in [0.2, 0.25) is 0 Å². The van der Waals surface area contributed by atoms with Gasteiger partial charge in [0.15, 0.2) is 0 Å². The lowest BCUT2D eigenvalue weighted by Crippen LogP contribution is -2.31. The fraction of sp³-hybridized carbons (Fsp3) is 0.286. The van der Waals surface area contributed by atoms with Gasteiger partial charge in [0.05, 0.1) is 12.1 Å². The fourth-order valence-corrected chi connectivity index (χ4v) is 3.47. The highest BCUT2D eigenvalue weighted by atomic mass is 16.5. The molecule has 0 saturated carbocycles. The van der Waals surface area contributed by atoms with E-state index in [1.54, 1.807) is 0 Å². The number of hydrogen-bond donors (Lipinski definition) is 1. The molecule has 0 saturated heterocycles. The molecule has 2 heterocycles. The highest BCUT2D eigenvalue weighted by molar-refractivity contribution is 6.00. The maximum Gasteiger partial charge on any atom is 0.268 e. The van der Waals surface area contributed by atoms with Crippen LogP contribution in [0.1, 0.15) is 35.0 Å². The van der Waals surface area contributed by atoms with Crippen LogP contribution in [0, 0.1) is 6.92 Å². The Kier molecular flexibility index (Phi) is 3.96. The number of rotatable bonds is 4. The quantitative estimate of drug-likeness (QED) is 0.782. The van der Waals surface area contributed by atoms with E-state index in [1.165, 1.54) is 5.56 Å². The number of amides is 1. The van der Waals surface area contributed by atoms with Gasteiger partial charge in [0, 0.05) is 11.9 Å². The topological polar surface area (TPSA) is 43.3 Å². The van der Waals surface area contributed by atoms with Crippen LogP contribution in [0.3, 0.4) is 0 Å². The van der Waals surface area contributed by atoms with Crippen molar-refractivity contribution in [2.24, 2.45) is 0 Å². The van der Waals surface area contributed by atoms with Crippen LogP contribution in [0.4, 0.5) is 0 Å². The number of nitrogens with one attached hydrogen (secondary N) is 1. The smallest absolute Gasteiger partial charge is 0.268 e. The number of carbonyl (C=O) groups excluding carboxylic acids is 1. The van der Waals surface area contributed by atoms with Gasteiger partial charge in [-0.05, 0) is 36.6 Å². The zero-order valence-electron chi connectivity index (χ0n) is 14.6. The summed E-state index contributed by atoms with van der Waals surface area (Å²) in [5, 5.41) is 4.12. The standard InChI is InChI=1S/C21H22N2O2/c1-3-17-13-23-18(11-15-9-6-10-19(25-17)20(15)23)21(24)22-12-16-8-5-4-7-14(16)2/h4-11,17H,3,12-13H2,1-2H3,(H,22,24). The summed E-state index contributed by atoms with van der Waals surface area (Å²) < 4.78 is 8.15. The molecule has 4 nitrogen and oxygen atoms in total. The minimum Gasteiger partial charge on any atom is -0.486 e. The average Bonchev–Trinajstić information content (AvgIpc) is 3.01. The zero-order chi connectivity index (χ0) is 17.4. The van der Waals surface area contributed by atoms with Crippen LogP contribution in [-0.2, 0) is 13.1 Å². The number of carbonyl (C=O) groups is 1. The van der Waals surface area contributed by atoms with Crippen LogP contribution >= 0.6 is 0 Å². The van der Waals surface area contributed by atoms with Crippen LogP contribution in [0.15, 0.2) is 48.5 Å². The minimum atomic E-state index is -0.0397. The fourth-order valence-electron chi connectivity index (χ4n) is 3.47. The molecule has 0 fully saturated rings. The van der Waals surface area contributed by atoms with Crippen molar-refractivity contribution < 1.29 is 9.53 Å². The summed E-state index contributed by atoms with van der Waals surface area (Å²) in [5.41, 5.74) is 4.05. The first-order valence-corrected chi connectivity index (χ1v) is 8.79. The van der Waals surface area contributed by atoms with Crippen molar-refractivity contribution in [3.8, 4) is 5.75 Å². The number of benzene rings is 2. The molecule has 3 aromatic rings. The monoisotopic (exact) mass is 334 g/mol. The molecule has 0 radical (unpaired) electrons. The minimum absolute atomic E-state index is 0.0397. The summed E-state index contributed by atoms with van der Waals surface area (Å²) in [6.07, 6.45) is 1.02. The molecule has 128 valence electrons. The van der Waals surface area contributed by atoms with E-state index in [0.29, 0.717) is 18.8 Å². The lowest BCUT2D eigenvalue weighted by atomic mass is 10.1. The number of ether oxygens (including phenoxy) is 1. The molecular formula is C21H22N2O2. The van der Waals surface area contributed by atoms with E-state index in [0.717, 1.165) is 28.6 Å². The van der Waals surface area contributed by atoms with Crippen molar-refractivity contribution in [2.75, 3.05) is 0 Å². The van der Waals surface area contributed by atoms with Gasteiger partial charge in [0.2, 0.25) is 0 Å². The maximum atomic E-state index is 12.8. The van der Waals surface area contributed by atoms with E-state index in [4.69, 9.17) is 4.74 Å². The molecule has 1 aliphatic heterocycles. The van der Waals surface area contributed by atoms with Gasteiger partial charge < -0.3 is 14.6 Å². The lowest BCUT2D eigenvalue weighted by Gasteiger charge is -2.26. The molecule has 25 heavy (non-hydrogen) atoms. The van der Waals surface area contributed by atoms with Gasteiger partial charge >= 0.3 is 0 Å². The molecule has 0 bridgehead atoms. The first kappa shape index (κ1) is 15.8. The van der Waals surface area contributed by atoms with Crippen molar-refractivity contribution in [3.63, 3.8) is 0 Å². The number of para-hydroxylation sites is 1. The second kappa shape index (κ2) is 6.28. The van der Waals surface area contributed by atoms with Crippen LogP contribution in [0.25, 0.3) is 10.9 Å². The summed E-state index contributed by atoms with van der Waals surface area (Å²) in [7, 11) is 0. The molecule has 1 aromatic heterocycles. The third-order valence-electron chi connectivity index (χ3n) is 4.95. The number of hydrogen-bond acceptors (Lipinski definition) is 2. The van der Waals surface area contributed by atoms with Crippen LogP contribution in [-0.4, -0.2) is 16.6 Å². The van der Waals surface area contributed by atoms with Crippen molar-refractivity contribution in [2.45, 2.75) is 39.5 Å². The summed E-state index contributed by atoms with van der Waals surface area (Å²) in [5.74, 6) is 0.829. The highest BCUT2D eigenvalue weighted by Crippen LogP contribution is 2.34. The molecule has 4 heteroatoms. The molecule has 1 N–H and O–H groups in total. The summed E-state index contributed by atoms with van der Waals surface area (Å²) in [6.45, 7) is 5.42. The molecule has 0 spiro atoms. The zero-order valence-corrected chi connectivity index (χ0v) is 14.6. The van der Waals surface area contributed by atoms with E-state index < -0.39 is 0 Å². The molecule has 0 aliphatic carbocycles. The van der Waals surface area contributed by atoms with E-state index in [2.05, 4.69) is 29.8 Å². The Morgan fingerprint density at radius 1 is 1.24 bits per heavy atom. The number of nitrogens with zero attached hydrogens (tertiary/aromatic N) is 1. The van der Waals surface area contributed by atoms with Crippen LogP contribution in [0.5, 0.6) is 5.75 Å². The Bertz CT molecular complexity index is 942. The van der Waals surface area contributed by atoms with Gasteiger partial charge in [-0.2, -0.15) is 0 Å². The maximum absolute atomic E-state index is 12.8. The predicted molar refractivity (Wildman–Crippen MR) is 99.0 cm³/mol. The summed E-state index contributed by atoms with van der Waals surface area (Å²) in [4.78, 5) is 12.8. The van der Waals surface area contributed by atoms with E-state index >= 15 is 0 Å². The highest BCUT2D eigenvalue weighted by Gasteiger charge is 2.25. The first-order chi connectivity index (χ1) is 12.2. The molecule has 2 aromatic carbocycles. The molecule has 1 atom stereocenters. The van der Waals surface area contributed by atoms with Gasteiger partial charge in [-0.15, -0.1) is 0 Å². The first-order valence-electron chi connectivity index (χ1n) is 8.79. The SMILES string of the molecule is CCC1Cn2c(C(=O)NCc3ccccc3C)cc3cccc(c32)O1. The second-order valence-electron chi connectivity index (χ2n) is 6.59. The summed E-state index contributed by atoms with van der Waals surface area (Å²) in [6, 6.07) is 16.1. The number of aryl methyl sites for hydroxylation is 1. The van der Waals surface area contributed by atoms with E-state index in [9.17, 15) is 4.79 Å². The molecule has 4 rings (SSSR count). The average molecular weight is 334 g/mol. The Balaban J connectivity index is 1.65. The van der Waals surface area contributed by atoms with Crippen molar-refractivity contribution >= 4 is 16.8 Å². The Labute approximate surface area is 147 Å². The second-order valence-corrected chi connectivity index (χ2v) is 6.59. The van der Waals surface area contributed by atoms with Crippen molar-refractivity contribution in [3.05, 3.63) is 65.4 Å². The molecule has 1 aliphatic rings. The third-order valence-corrected chi connectivity index (χ3v) is 4.95. The van der Waals surface area contributed by atoms with Gasteiger partial charge in [0.1, 0.15) is 17.5 Å². The largest absolute Gasteiger partial charge is 0.486 e. The van der Waals surface area contributed by atoms with Crippen molar-refractivity contribution in [1.82, 2.24) is 9.88 Å². The lowest BCUT2D eigenvalue weighted by molar-refractivity contribution is 0.0935. The predicted octanol–water partition coefficient (Wildman–Crippen LogP) is 4.05. The van der Waals surface area contributed by atoms with Gasteiger partial charge in [-0.25, -0.2) is 0 Å². The Morgan fingerprint density at radius 2 is 2.08 bits per heavy atom. The third kappa shape index (κ3) is 2.78. The Hall–Kier alpha value is -2.75. The van der Waals surface area contributed by atoms with Gasteiger partial charge in [-0.1, -0.05) is 43.3 Å². The Morgan fingerprint density at radius 3 is 2.88 bits per heavy atom. The van der Waals surface area contributed by atoms with Gasteiger partial charge in [-0.3, -0.25) is 4.79 Å².